The van der Waals surface area contributed by atoms with Gasteiger partial charge in [0.05, 0.1) is 0 Å². The molecule has 0 atom stereocenters. The highest BCUT2D eigenvalue weighted by molar-refractivity contribution is 9.10. The van der Waals surface area contributed by atoms with Gasteiger partial charge in [0.15, 0.2) is 0 Å². The molecular weight excluding hydrogens is 250 g/mol. The molecule has 0 saturated heterocycles. The molecule has 14 heavy (non-hydrogen) atoms. The summed E-state index contributed by atoms with van der Waals surface area (Å²) in [5, 5.41) is 18.0. The Kier molecular flexibility index (Phi) is 5.15. The monoisotopic (exact) mass is 261 g/mol. The molecule has 5 heteroatoms. The molecule has 4 nitrogen and oxygen atoms in total. The molecule has 0 fully saturated rings. The van der Waals surface area contributed by atoms with Crippen molar-refractivity contribution in [2.45, 2.75) is 20.8 Å². The van der Waals surface area contributed by atoms with Gasteiger partial charge in [-0.05, 0) is 13.8 Å². The Balaban J connectivity index is 0.000000364. The Labute approximate surface area is 90.9 Å². The van der Waals surface area contributed by atoms with Gasteiger partial charge in [-0.25, -0.2) is 0 Å². The third-order valence-corrected chi connectivity index (χ3v) is 2.47. The van der Waals surface area contributed by atoms with Crippen LogP contribution in [0.5, 0.6) is 0 Å². The maximum atomic E-state index is 9.12. The van der Waals surface area contributed by atoms with E-state index in [0.29, 0.717) is 0 Å². The first-order chi connectivity index (χ1) is 6.36. The lowest BCUT2D eigenvalue weighted by molar-refractivity contribution is -0.909. The Bertz CT molecular complexity index is 308. The van der Waals surface area contributed by atoms with Gasteiger partial charge in [-0.3, -0.25) is 5.21 Å². The highest BCUT2D eigenvalue weighted by Crippen LogP contribution is 2.14. The topological polar surface area (TPSA) is 64.2 Å². The highest BCUT2D eigenvalue weighted by Gasteiger charge is 2.09. The molecule has 0 aliphatic heterocycles. The van der Waals surface area contributed by atoms with Crippen molar-refractivity contribution in [3.8, 4) is 0 Å². The lowest BCUT2D eigenvalue weighted by Gasteiger charge is -1.95. The molecule has 0 radical (unpaired) electrons. The molecule has 0 aromatic carbocycles. The number of hydrogen-bond donors (Lipinski definition) is 1. The van der Waals surface area contributed by atoms with E-state index in [4.69, 9.17) is 15.1 Å². The molecule has 1 aromatic rings. The number of carbonyl (C=O) groups excluding carboxylic acids is 1. The molecular formula is C9H12BrNO3. The van der Waals surface area contributed by atoms with Crippen molar-refractivity contribution in [1.29, 1.82) is 0 Å². The average Bonchev–Trinajstić information content (AvgIpc) is 2.07. The van der Waals surface area contributed by atoms with E-state index in [1.165, 1.54) is 0 Å². The first kappa shape index (κ1) is 12.9. The molecule has 78 valence electrons. The lowest BCUT2D eigenvalue weighted by Crippen LogP contribution is -2.33. The fourth-order valence-electron chi connectivity index (χ4n) is 0.717. The van der Waals surface area contributed by atoms with Crippen molar-refractivity contribution in [2.24, 2.45) is 0 Å². The van der Waals surface area contributed by atoms with E-state index >= 15 is 0 Å². The predicted molar refractivity (Wildman–Crippen MR) is 51.7 cm³/mol. The minimum absolute atomic E-state index is 0.856. The summed E-state index contributed by atoms with van der Waals surface area (Å²) in [5.74, 6) is -1.08. The summed E-state index contributed by atoms with van der Waals surface area (Å²) >= 11 is 3.36. The fourth-order valence-corrected chi connectivity index (χ4v) is 1.12. The van der Waals surface area contributed by atoms with Gasteiger partial charge in [-0.1, -0.05) is 15.9 Å². The van der Waals surface area contributed by atoms with Gasteiger partial charge < -0.3 is 9.90 Å². The maximum absolute atomic E-state index is 9.12. The van der Waals surface area contributed by atoms with E-state index in [1.807, 2.05) is 19.9 Å². The molecule has 1 aromatic heterocycles. The molecule has 1 rings (SSSR count). The van der Waals surface area contributed by atoms with Gasteiger partial charge in [-0.15, -0.1) is 0 Å². The van der Waals surface area contributed by atoms with Crippen LogP contribution in [0.2, 0.25) is 0 Å². The number of carbonyl (C=O) groups is 1. The normalized spacial score (nSPS) is 8.86. The van der Waals surface area contributed by atoms with Crippen LogP contribution in [0.25, 0.3) is 0 Å². The molecule has 1 heterocycles. The summed E-state index contributed by atoms with van der Waals surface area (Å²) in [7, 11) is 0. The van der Waals surface area contributed by atoms with Crippen molar-refractivity contribution in [3.63, 3.8) is 0 Å². The van der Waals surface area contributed by atoms with Crippen LogP contribution in [-0.2, 0) is 4.79 Å². The predicted octanol–water partition coefficient (Wildman–Crippen LogP) is 0.347. The Hall–Kier alpha value is -1.10. The summed E-state index contributed by atoms with van der Waals surface area (Å²) in [5.41, 5.74) is 1.92. The molecule has 1 N–H and O–H groups in total. The summed E-state index contributed by atoms with van der Waals surface area (Å²) in [6.07, 6.45) is 1.60. The standard InChI is InChI=1S/C7H9BrNO.C2H4O2/c1-5-6(2)9(10)4-3-7(5)8;1-2(3)4/h3-4,10H,1-2H3;1H3,(H,3,4)/q+1;/p-1. The first-order valence-electron chi connectivity index (χ1n) is 3.90. The van der Waals surface area contributed by atoms with Crippen molar-refractivity contribution >= 4 is 21.9 Å². The third-order valence-electron chi connectivity index (χ3n) is 1.61. The Morgan fingerprint density at radius 3 is 2.36 bits per heavy atom. The Morgan fingerprint density at radius 1 is 1.57 bits per heavy atom. The van der Waals surface area contributed by atoms with E-state index in [9.17, 15) is 0 Å². The molecule has 0 spiro atoms. The summed E-state index contributed by atoms with van der Waals surface area (Å²) in [6.45, 7) is 4.78. The first-order valence-corrected chi connectivity index (χ1v) is 4.69. The molecule has 0 saturated carbocycles. The van der Waals surface area contributed by atoms with Crippen molar-refractivity contribution in [1.82, 2.24) is 0 Å². The number of halogens is 1. The van der Waals surface area contributed by atoms with Crippen molar-refractivity contribution in [3.05, 3.63) is 28.0 Å². The highest BCUT2D eigenvalue weighted by atomic mass is 79.9. The average molecular weight is 262 g/mol. The van der Waals surface area contributed by atoms with Gasteiger partial charge in [0.2, 0.25) is 11.9 Å². The van der Waals surface area contributed by atoms with E-state index in [0.717, 1.165) is 27.4 Å². The van der Waals surface area contributed by atoms with Crippen molar-refractivity contribution in [2.75, 3.05) is 0 Å². The number of nitrogens with zero attached hydrogens (tertiary/aromatic N) is 1. The second kappa shape index (κ2) is 5.59. The van der Waals surface area contributed by atoms with Crippen LogP contribution in [0.3, 0.4) is 0 Å². The summed E-state index contributed by atoms with van der Waals surface area (Å²) in [4.78, 5) is 8.89. The van der Waals surface area contributed by atoms with E-state index < -0.39 is 5.97 Å². The summed E-state index contributed by atoms with van der Waals surface area (Å²) in [6, 6.07) is 1.81. The number of rotatable bonds is 0. The number of carboxylic acid groups (broad SMARTS) is 1. The van der Waals surface area contributed by atoms with Crippen LogP contribution < -0.4 is 9.84 Å². The van der Waals surface area contributed by atoms with Crippen LogP contribution in [0.4, 0.5) is 0 Å². The zero-order chi connectivity index (χ0) is 11.3. The lowest BCUT2D eigenvalue weighted by atomic mass is 10.2. The third kappa shape index (κ3) is 4.23. The zero-order valence-corrected chi connectivity index (χ0v) is 9.83. The largest absolute Gasteiger partial charge is 0.550 e. The number of aromatic nitrogens is 1. The number of carboxylic acids is 1. The fraction of sp³-hybridized carbons (Fsp3) is 0.333. The number of pyridine rings is 1. The van der Waals surface area contributed by atoms with E-state index in [1.54, 1.807) is 6.20 Å². The van der Waals surface area contributed by atoms with Gasteiger partial charge in [0.25, 0.3) is 0 Å². The van der Waals surface area contributed by atoms with Gasteiger partial charge in [0.1, 0.15) is 0 Å². The van der Waals surface area contributed by atoms with Gasteiger partial charge >= 0.3 is 0 Å². The molecule has 0 amide bonds. The zero-order valence-electron chi connectivity index (χ0n) is 8.24. The SMILES string of the molecule is CC(=O)[O-].Cc1c(Br)cc[n+](O)c1C. The van der Waals surface area contributed by atoms with Gasteiger partial charge in [-0.2, -0.15) is 0 Å². The molecule has 0 aliphatic carbocycles. The number of hydrogen-bond acceptors (Lipinski definition) is 3. The molecule has 0 unspecified atom stereocenters. The molecule has 0 aliphatic rings. The summed E-state index contributed by atoms with van der Waals surface area (Å²) < 4.78 is 2.13. The Morgan fingerprint density at radius 2 is 2.00 bits per heavy atom. The quantitative estimate of drug-likeness (QED) is 0.542. The number of aliphatic carboxylic acids is 1. The minimum atomic E-state index is -1.08. The van der Waals surface area contributed by atoms with Gasteiger partial charge in [0, 0.05) is 33.7 Å². The van der Waals surface area contributed by atoms with Crippen LogP contribution in [-0.4, -0.2) is 11.2 Å². The van der Waals surface area contributed by atoms with Crippen LogP contribution in [0.15, 0.2) is 16.7 Å². The van der Waals surface area contributed by atoms with Crippen LogP contribution in [0, 0.1) is 13.8 Å². The van der Waals surface area contributed by atoms with Crippen LogP contribution >= 0.6 is 15.9 Å². The van der Waals surface area contributed by atoms with Crippen LogP contribution in [0.1, 0.15) is 18.2 Å². The second-order valence-corrected chi connectivity index (χ2v) is 3.56. The minimum Gasteiger partial charge on any atom is -0.550 e. The van der Waals surface area contributed by atoms with E-state index in [-0.39, 0.29) is 0 Å². The van der Waals surface area contributed by atoms with Crippen molar-refractivity contribution < 1.29 is 19.8 Å². The molecule has 0 bridgehead atoms. The smallest absolute Gasteiger partial charge is 0.235 e. The second-order valence-electron chi connectivity index (χ2n) is 2.71. The van der Waals surface area contributed by atoms with E-state index in [2.05, 4.69) is 15.9 Å². The maximum Gasteiger partial charge on any atom is 0.235 e.